The fraction of sp³-hybridized carbons (Fsp3) is 0.167. The number of aryl methyl sites for hydroxylation is 1. The Kier molecular flexibility index (Phi) is 3.01. The van der Waals surface area contributed by atoms with Crippen LogP contribution < -0.4 is 11.1 Å². The summed E-state index contributed by atoms with van der Waals surface area (Å²) >= 11 is 0. The highest BCUT2D eigenvalue weighted by molar-refractivity contribution is 6.04. The van der Waals surface area contributed by atoms with E-state index in [1.807, 2.05) is 0 Å². The number of aromatic nitrogens is 1. The van der Waals surface area contributed by atoms with Crippen LogP contribution in [0.5, 0.6) is 0 Å². The lowest BCUT2D eigenvalue weighted by Gasteiger charge is -2.03. The second-order valence-electron chi connectivity index (χ2n) is 3.91. The Bertz CT molecular complexity index is 607. The molecule has 0 radical (unpaired) electrons. The summed E-state index contributed by atoms with van der Waals surface area (Å²) in [6.45, 7) is 3.53. The maximum Gasteiger partial charge on any atom is 0.258 e. The Labute approximate surface area is 103 Å². The van der Waals surface area contributed by atoms with Crippen molar-refractivity contribution in [2.24, 2.45) is 0 Å². The third-order valence-electron chi connectivity index (χ3n) is 2.65. The zero-order valence-corrected chi connectivity index (χ0v) is 9.95. The summed E-state index contributed by atoms with van der Waals surface area (Å²) in [5.74, 6) is -0.851. The van der Waals surface area contributed by atoms with Gasteiger partial charge in [-0.2, -0.15) is 0 Å². The third-order valence-corrected chi connectivity index (χ3v) is 2.65. The Balaban J connectivity index is 2.22. The number of hydrogen-bond donors (Lipinski definition) is 2. The van der Waals surface area contributed by atoms with E-state index in [1.165, 1.54) is 12.1 Å². The lowest BCUT2D eigenvalue weighted by Crippen LogP contribution is -2.12. The van der Waals surface area contributed by atoms with Crippen molar-refractivity contribution < 1.29 is 13.7 Å². The van der Waals surface area contributed by atoms with Gasteiger partial charge in [0.05, 0.1) is 11.4 Å². The van der Waals surface area contributed by atoms with E-state index in [0.717, 1.165) is 11.6 Å². The summed E-state index contributed by atoms with van der Waals surface area (Å²) in [5, 5.41) is 6.23. The summed E-state index contributed by atoms with van der Waals surface area (Å²) < 4.78 is 18.2. The van der Waals surface area contributed by atoms with E-state index >= 15 is 0 Å². The second kappa shape index (κ2) is 4.48. The van der Waals surface area contributed by atoms with Crippen LogP contribution in [0.2, 0.25) is 0 Å². The van der Waals surface area contributed by atoms with E-state index < -0.39 is 11.7 Å². The van der Waals surface area contributed by atoms with Crippen LogP contribution in [0.15, 0.2) is 22.7 Å². The smallest absolute Gasteiger partial charge is 0.258 e. The number of anilines is 2. The number of halogens is 1. The largest absolute Gasteiger partial charge is 0.396 e. The van der Waals surface area contributed by atoms with E-state index in [2.05, 4.69) is 10.5 Å². The van der Waals surface area contributed by atoms with Crippen molar-refractivity contribution in [3.8, 4) is 0 Å². The SMILES string of the molecule is Cc1noc(NC(=O)c2ccc(N)c(F)c2)c1C. The molecule has 94 valence electrons. The van der Waals surface area contributed by atoms with Crippen LogP contribution in [0.25, 0.3) is 0 Å². The molecule has 0 aliphatic heterocycles. The first-order chi connectivity index (χ1) is 8.49. The lowest BCUT2D eigenvalue weighted by molar-refractivity contribution is 0.102. The molecule has 0 atom stereocenters. The topological polar surface area (TPSA) is 81.2 Å². The van der Waals surface area contributed by atoms with Crippen LogP contribution in [0.3, 0.4) is 0 Å². The van der Waals surface area contributed by atoms with Crippen LogP contribution in [-0.2, 0) is 0 Å². The minimum atomic E-state index is -0.631. The van der Waals surface area contributed by atoms with Crippen LogP contribution >= 0.6 is 0 Å². The first-order valence-corrected chi connectivity index (χ1v) is 5.28. The number of carbonyl (C=O) groups excluding carboxylic acids is 1. The molecule has 2 rings (SSSR count). The number of nitrogens with zero attached hydrogens (tertiary/aromatic N) is 1. The number of amides is 1. The van der Waals surface area contributed by atoms with Crippen molar-refractivity contribution in [1.29, 1.82) is 0 Å². The minimum Gasteiger partial charge on any atom is -0.396 e. The van der Waals surface area contributed by atoms with Gasteiger partial charge in [-0.3, -0.25) is 10.1 Å². The monoisotopic (exact) mass is 249 g/mol. The van der Waals surface area contributed by atoms with Gasteiger partial charge in [-0.1, -0.05) is 5.16 Å². The van der Waals surface area contributed by atoms with Crippen molar-refractivity contribution in [3.63, 3.8) is 0 Å². The fourth-order valence-electron chi connectivity index (χ4n) is 1.38. The van der Waals surface area contributed by atoms with Gasteiger partial charge in [-0.05, 0) is 32.0 Å². The highest BCUT2D eigenvalue weighted by Gasteiger charge is 2.14. The number of benzene rings is 1. The molecule has 0 unspecified atom stereocenters. The lowest BCUT2D eigenvalue weighted by atomic mass is 10.2. The van der Waals surface area contributed by atoms with Crippen LogP contribution in [0.1, 0.15) is 21.6 Å². The molecule has 1 heterocycles. The average molecular weight is 249 g/mol. The predicted molar refractivity (Wildman–Crippen MR) is 64.7 cm³/mol. The fourth-order valence-corrected chi connectivity index (χ4v) is 1.38. The van der Waals surface area contributed by atoms with Crippen molar-refractivity contribution in [2.75, 3.05) is 11.1 Å². The highest BCUT2D eigenvalue weighted by atomic mass is 19.1. The van der Waals surface area contributed by atoms with E-state index in [4.69, 9.17) is 10.3 Å². The van der Waals surface area contributed by atoms with Crippen molar-refractivity contribution >= 4 is 17.5 Å². The third kappa shape index (κ3) is 2.17. The molecular weight excluding hydrogens is 237 g/mol. The summed E-state index contributed by atoms with van der Waals surface area (Å²) in [4.78, 5) is 11.8. The molecule has 1 amide bonds. The second-order valence-corrected chi connectivity index (χ2v) is 3.91. The highest BCUT2D eigenvalue weighted by Crippen LogP contribution is 2.19. The van der Waals surface area contributed by atoms with Crippen molar-refractivity contribution in [1.82, 2.24) is 5.16 Å². The number of rotatable bonds is 2. The molecule has 0 bridgehead atoms. The minimum absolute atomic E-state index is 0.00163. The molecule has 0 aliphatic carbocycles. The van der Waals surface area contributed by atoms with Gasteiger partial charge >= 0.3 is 0 Å². The summed E-state index contributed by atoms with van der Waals surface area (Å²) in [6.07, 6.45) is 0. The standard InChI is InChI=1S/C12H12FN3O2/c1-6-7(2)16-18-12(6)15-11(17)8-3-4-10(14)9(13)5-8/h3-5H,14H2,1-2H3,(H,15,17). The molecular formula is C12H12FN3O2. The van der Waals surface area contributed by atoms with Gasteiger partial charge in [-0.25, -0.2) is 4.39 Å². The molecule has 5 nitrogen and oxygen atoms in total. The molecule has 18 heavy (non-hydrogen) atoms. The molecule has 1 aromatic heterocycles. The van der Waals surface area contributed by atoms with Gasteiger partial charge in [-0.15, -0.1) is 0 Å². The Morgan fingerprint density at radius 1 is 1.44 bits per heavy atom. The Hall–Kier alpha value is -2.37. The summed E-state index contributed by atoms with van der Waals surface area (Å²) in [6, 6.07) is 3.85. The van der Waals surface area contributed by atoms with Crippen LogP contribution in [0.4, 0.5) is 16.0 Å². The van der Waals surface area contributed by atoms with Gasteiger partial charge in [0.25, 0.3) is 5.91 Å². The molecule has 3 N–H and O–H groups in total. The van der Waals surface area contributed by atoms with Crippen molar-refractivity contribution in [3.05, 3.63) is 40.8 Å². The molecule has 0 saturated carbocycles. The number of hydrogen-bond acceptors (Lipinski definition) is 4. The molecule has 6 heteroatoms. The van der Waals surface area contributed by atoms with E-state index in [1.54, 1.807) is 13.8 Å². The Morgan fingerprint density at radius 3 is 2.72 bits per heavy atom. The number of nitrogens with one attached hydrogen (secondary N) is 1. The van der Waals surface area contributed by atoms with E-state index in [9.17, 15) is 9.18 Å². The molecule has 1 aromatic carbocycles. The van der Waals surface area contributed by atoms with Crippen LogP contribution in [-0.4, -0.2) is 11.1 Å². The van der Waals surface area contributed by atoms with Crippen LogP contribution in [0, 0.1) is 19.7 Å². The average Bonchev–Trinajstić information content (AvgIpc) is 2.64. The van der Waals surface area contributed by atoms with Gasteiger partial charge in [0.2, 0.25) is 5.88 Å². The normalized spacial score (nSPS) is 10.4. The zero-order chi connectivity index (χ0) is 13.3. The van der Waals surface area contributed by atoms with E-state index in [0.29, 0.717) is 5.69 Å². The van der Waals surface area contributed by atoms with Gasteiger partial charge in [0.15, 0.2) is 0 Å². The van der Waals surface area contributed by atoms with Crippen molar-refractivity contribution in [2.45, 2.75) is 13.8 Å². The maximum absolute atomic E-state index is 13.2. The maximum atomic E-state index is 13.2. The predicted octanol–water partition coefficient (Wildman–Crippen LogP) is 2.27. The molecule has 2 aromatic rings. The Morgan fingerprint density at radius 2 is 2.17 bits per heavy atom. The zero-order valence-electron chi connectivity index (χ0n) is 9.95. The van der Waals surface area contributed by atoms with E-state index in [-0.39, 0.29) is 17.1 Å². The number of carbonyl (C=O) groups is 1. The molecule has 0 aliphatic rings. The summed E-state index contributed by atoms with van der Waals surface area (Å²) in [7, 11) is 0. The number of nitrogens with two attached hydrogens (primary N) is 1. The molecule has 0 fully saturated rings. The first-order valence-electron chi connectivity index (χ1n) is 5.28. The van der Waals surface area contributed by atoms with Gasteiger partial charge in [0, 0.05) is 11.1 Å². The van der Waals surface area contributed by atoms with Gasteiger partial charge < -0.3 is 10.3 Å². The quantitative estimate of drug-likeness (QED) is 0.800. The summed E-state index contributed by atoms with van der Waals surface area (Å²) in [5.41, 5.74) is 6.92. The number of nitrogen functional groups attached to an aromatic ring is 1. The van der Waals surface area contributed by atoms with Gasteiger partial charge in [0.1, 0.15) is 5.82 Å². The first kappa shape index (κ1) is 12.1. The molecule has 0 saturated heterocycles. The molecule has 0 spiro atoms.